The van der Waals surface area contributed by atoms with Crippen LogP contribution in [0.25, 0.3) is 0 Å². The second-order valence-electron chi connectivity index (χ2n) is 4.40. The number of halogens is 1. The molecule has 104 valence electrons. The number of aromatic nitrogens is 1. The topological polar surface area (TPSA) is 74.7 Å². The molecule has 0 radical (unpaired) electrons. The summed E-state index contributed by atoms with van der Waals surface area (Å²) in [6.45, 7) is 0.745. The van der Waals surface area contributed by atoms with Gasteiger partial charge in [-0.15, -0.1) is 0 Å². The van der Waals surface area contributed by atoms with Gasteiger partial charge in [0.1, 0.15) is 0 Å². The number of rotatable bonds is 4. The lowest BCUT2D eigenvalue weighted by Gasteiger charge is -2.19. The van der Waals surface area contributed by atoms with Gasteiger partial charge < -0.3 is 15.8 Å². The summed E-state index contributed by atoms with van der Waals surface area (Å²) in [5.74, 6) is 0.107. The highest BCUT2D eigenvalue weighted by atomic mass is 79.9. The predicted molar refractivity (Wildman–Crippen MR) is 83.0 cm³/mol. The Hall–Kier alpha value is -2.08. The molecule has 1 heterocycles. The van der Waals surface area contributed by atoms with Gasteiger partial charge in [-0.2, -0.15) is 0 Å². The quantitative estimate of drug-likeness (QED) is 0.390. The minimum atomic E-state index is 0.107. The number of amidine groups is 1. The van der Waals surface area contributed by atoms with E-state index in [4.69, 9.17) is 10.9 Å². The van der Waals surface area contributed by atoms with Gasteiger partial charge in [0.05, 0.1) is 0 Å². The van der Waals surface area contributed by atoms with E-state index in [-0.39, 0.29) is 5.84 Å². The molecule has 0 aliphatic heterocycles. The van der Waals surface area contributed by atoms with E-state index in [2.05, 4.69) is 31.0 Å². The average molecular weight is 335 g/mol. The van der Waals surface area contributed by atoms with E-state index in [0.717, 1.165) is 22.3 Å². The molecule has 0 spiro atoms. The number of hydrogen-bond donors (Lipinski definition) is 2. The molecule has 2 rings (SSSR count). The van der Waals surface area contributed by atoms with Crippen LogP contribution < -0.4 is 10.6 Å². The molecule has 6 heteroatoms. The van der Waals surface area contributed by atoms with Gasteiger partial charge in [0, 0.05) is 41.7 Å². The van der Waals surface area contributed by atoms with Crippen LogP contribution in [-0.4, -0.2) is 23.1 Å². The summed E-state index contributed by atoms with van der Waals surface area (Å²) in [6, 6.07) is 9.53. The van der Waals surface area contributed by atoms with Crippen molar-refractivity contribution in [3.63, 3.8) is 0 Å². The Balaban J connectivity index is 2.11. The Kier molecular flexibility index (Phi) is 4.57. The maximum absolute atomic E-state index is 8.63. The van der Waals surface area contributed by atoms with E-state index >= 15 is 0 Å². The molecular weight excluding hydrogens is 320 g/mol. The third-order valence-corrected chi connectivity index (χ3v) is 3.33. The molecule has 0 atom stereocenters. The number of benzene rings is 1. The summed E-state index contributed by atoms with van der Waals surface area (Å²) < 4.78 is 0.964. The lowest BCUT2D eigenvalue weighted by atomic mass is 10.1. The van der Waals surface area contributed by atoms with Crippen LogP contribution in [-0.2, 0) is 6.54 Å². The van der Waals surface area contributed by atoms with E-state index in [1.807, 2.05) is 43.6 Å². The number of nitrogens with zero attached hydrogens (tertiary/aromatic N) is 3. The van der Waals surface area contributed by atoms with Crippen LogP contribution in [0.15, 0.2) is 52.4 Å². The number of nitrogens with two attached hydrogens (primary N) is 1. The summed E-state index contributed by atoms with van der Waals surface area (Å²) in [5, 5.41) is 11.6. The summed E-state index contributed by atoms with van der Waals surface area (Å²) in [6.07, 6.45) is 3.60. The maximum Gasteiger partial charge on any atom is 0.170 e. The molecule has 0 unspecified atom stereocenters. The van der Waals surface area contributed by atoms with Crippen LogP contribution in [0.3, 0.4) is 0 Å². The zero-order valence-electron chi connectivity index (χ0n) is 11.0. The van der Waals surface area contributed by atoms with E-state index in [1.54, 1.807) is 6.20 Å². The van der Waals surface area contributed by atoms with Gasteiger partial charge >= 0.3 is 0 Å². The van der Waals surface area contributed by atoms with Crippen molar-refractivity contribution in [1.29, 1.82) is 0 Å². The SMILES string of the molecule is CN(Cc1cncc(Br)c1)c1ccc(/C(N)=N/O)cc1. The van der Waals surface area contributed by atoms with Gasteiger partial charge in [-0.3, -0.25) is 4.98 Å². The van der Waals surface area contributed by atoms with Crippen molar-refractivity contribution in [1.82, 2.24) is 4.98 Å². The lowest BCUT2D eigenvalue weighted by Crippen LogP contribution is -2.17. The van der Waals surface area contributed by atoms with Gasteiger partial charge in [-0.25, -0.2) is 0 Å². The van der Waals surface area contributed by atoms with E-state index in [0.29, 0.717) is 5.56 Å². The summed E-state index contributed by atoms with van der Waals surface area (Å²) in [7, 11) is 2.00. The molecule has 0 bridgehead atoms. The Labute approximate surface area is 125 Å². The van der Waals surface area contributed by atoms with Crippen LogP contribution in [0.5, 0.6) is 0 Å². The van der Waals surface area contributed by atoms with Crippen molar-refractivity contribution < 1.29 is 5.21 Å². The minimum absolute atomic E-state index is 0.107. The zero-order chi connectivity index (χ0) is 14.5. The second kappa shape index (κ2) is 6.38. The fourth-order valence-corrected chi connectivity index (χ4v) is 2.26. The van der Waals surface area contributed by atoms with Crippen molar-refractivity contribution in [2.75, 3.05) is 11.9 Å². The molecule has 0 saturated carbocycles. The molecule has 0 aliphatic carbocycles. The summed E-state index contributed by atoms with van der Waals surface area (Å²) >= 11 is 3.41. The van der Waals surface area contributed by atoms with E-state index in [1.165, 1.54) is 0 Å². The predicted octanol–water partition coefficient (Wildman–Crippen LogP) is 2.58. The third-order valence-electron chi connectivity index (χ3n) is 2.89. The second-order valence-corrected chi connectivity index (χ2v) is 5.32. The van der Waals surface area contributed by atoms with Crippen molar-refractivity contribution in [2.24, 2.45) is 10.9 Å². The highest BCUT2D eigenvalue weighted by Crippen LogP contribution is 2.17. The van der Waals surface area contributed by atoms with E-state index < -0.39 is 0 Å². The Bertz CT molecular complexity index is 613. The van der Waals surface area contributed by atoms with Crippen LogP contribution in [0, 0.1) is 0 Å². The molecule has 5 nitrogen and oxygen atoms in total. The number of oxime groups is 1. The first-order valence-corrected chi connectivity index (χ1v) is 6.78. The molecule has 3 N–H and O–H groups in total. The third kappa shape index (κ3) is 3.48. The molecule has 1 aromatic heterocycles. The summed E-state index contributed by atoms with van der Waals surface area (Å²) in [5.41, 5.74) is 8.38. The molecule has 2 aromatic rings. The lowest BCUT2D eigenvalue weighted by molar-refractivity contribution is 0.318. The summed E-state index contributed by atoms with van der Waals surface area (Å²) in [4.78, 5) is 6.24. The van der Waals surface area contributed by atoms with Crippen molar-refractivity contribution in [3.8, 4) is 0 Å². The first kappa shape index (κ1) is 14.3. The smallest absolute Gasteiger partial charge is 0.170 e. The van der Waals surface area contributed by atoms with Crippen LogP contribution in [0.4, 0.5) is 5.69 Å². The molecular formula is C14H15BrN4O. The molecule has 0 fully saturated rings. The largest absolute Gasteiger partial charge is 0.409 e. The van der Waals surface area contributed by atoms with Gasteiger partial charge in [0.2, 0.25) is 0 Å². The zero-order valence-corrected chi connectivity index (χ0v) is 12.6. The first-order chi connectivity index (χ1) is 9.60. The molecule has 20 heavy (non-hydrogen) atoms. The highest BCUT2D eigenvalue weighted by molar-refractivity contribution is 9.10. The van der Waals surface area contributed by atoms with Crippen LogP contribution in [0.2, 0.25) is 0 Å². The average Bonchev–Trinajstić information content (AvgIpc) is 2.46. The normalized spacial score (nSPS) is 11.4. The van der Waals surface area contributed by atoms with Gasteiger partial charge in [0.15, 0.2) is 5.84 Å². The van der Waals surface area contributed by atoms with Crippen LogP contribution in [0.1, 0.15) is 11.1 Å². The highest BCUT2D eigenvalue weighted by Gasteiger charge is 2.04. The minimum Gasteiger partial charge on any atom is -0.409 e. The van der Waals surface area contributed by atoms with Gasteiger partial charge in [-0.1, -0.05) is 5.16 Å². The van der Waals surface area contributed by atoms with Gasteiger partial charge in [-0.05, 0) is 51.8 Å². The Morgan fingerprint density at radius 1 is 1.35 bits per heavy atom. The molecule has 0 amide bonds. The number of anilines is 1. The molecule has 0 aliphatic rings. The van der Waals surface area contributed by atoms with E-state index in [9.17, 15) is 0 Å². The Morgan fingerprint density at radius 2 is 2.05 bits per heavy atom. The van der Waals surface area contributed by atoms with Gasteiger partial charge in [0.25, 0.3) is 0 Å². The van der Waals surface area contributed by atoms with Crippen LogP contribution >= 0.6 is 15.9 Å². The molecule has 1 aromatic carbocycles. The first-order valence-electron chi connectivity index (χ1n) is 5.98. The number of hydrogen-bond acceptors (Lipinski definition) is 4. The monoisotopic (exact) mass is 334 g/mol. The fourth-order valence-electron chi connectivity index (χ4n) is 1.85. The Morgan fingerprint density at radius 3 is 2.65 bits per heavy atom. The number of pyridine rings is 1. The maximum atomic E-state index is 8.63. The molecule has 0 saturated heterocycles. The standard InChI is InChI=1S/C14H15BrN4O/c1-19(9-10-6-12(15)8-17-7-10)13-4-2-11(3-5-13)14(16)18-20/h2-8,20H,9H2,1H3,(H2,16,18). The van der Waals surface area contributed by atoms with Crippen molar-refractivity contribution >= 4 is 27.5 Å². The van der Waals surface area contributed by atoms with Crippen molar-refractivity contribution in [2.45, 2.75) is 6.54 Å². The fraction of sp³-hybridized carbons (Fsp3) is 0.143. The van der Waals surface area contributed by atoms with Crippen molar-refractivity contribution in [3.05, 3.63) is 58.3 Å².